The van der Waals surface area contributed by atoms with Crippen molar-refractivity contribution in [3.8, 4) is 23.0 Å². The SMILES string of the molecule is COc1cc(C(F)(F)F)ccc1NC(=O)c1cc(OC)c(OC)c(OC)c1. The molecule has 0 radical (unpaired) electrons. The maximum atomic E-state index is 12.8. The lowest BCUT2D eigenvalue weighted by molar-refractivity contribution is -0.137. The minimum Gasteiger partial charge on any atom is -0.495 e. The first-order valence-electron chi connectivity index (χ1n) is 7.61. The lowest BCUT2D eigenvalue weighted by Crippen LogP contribution is -2.14. The normalized spacial score (nSPS) is 10.9. The molecule has 27 heavy (non-hydrogen) atoms. The first-order chi connectivity index (χ1) is 12.7. The van der Waals surface area contributed by atoms with Crippen LogP contribution in [0.2, 0.25) is 0 Å². The third kappa shape index (κ3) is 4.36. The molecular weight excluding hydrogens is 367 g/mol. The summed E-state index contributed by atoms with van der Waals surface area (Å²) in [5, 5.41) is 2.51. The van der Waals surface area contributed by atoms with Crippen LogP contribution in [0.25, 0.3) is 0 Å². The molecule has 9 heteroatoms. The van der Waals surface area contributed by atoms with Crippen LogP contribution in [0.4, 0.5) is 18.9 Å². The Kier molecular flexibility index (Phi) is 6.04. The maximum absolute atomic E-state index is 12.8. The number of alkyl halides is 3. The third-order valence-electron chi connectivity index (χ3n) is 3.70. The Morgan fingerprint density at radius 1 is 0.852 bits per heavy atom. The van der Waals surface area contributed by atoms with Gasteiger partial charge in [0, 0.05) is 5.56 Å². The highest BCUT2D eigenvalue weighted by Crippen LogP contribution is 2.39. The second kappa shape index (κ2) is 8.07. The van der Waals surface area contributed by atoms with Gasteiger partial charge >= 0.3 is 6.18 Å². The summed E-state index contributed by atoms with van der Waals surface area (Å²) in [6.45, 7) is 0. The molecule has 0 aliphatic rings. The average molecular weight is 385 g/mol. The number of hydrogen-bond donors (Lipinski definition) is 1. The fraction of sp³-hybridized carbons (Fsp3) is 0.278. The van der Waals surface area contributed by atoms with Gasteiger partial charge in [0.2, 0.25) is 5.75 Å². The van der Waals surface area contributed by atoms with Crippen molar-refractivity contribution >= 4 is 11.6 Å². The first-order valence-corrected chi connectivity index (χ1v) is 7.61. The predicted molar refractivity (Wildman–Crippen MR) is 92.0 cm³/mol. The maximum Gasteiger partial charge on any atom is 0.416 e. The summed E-state index contributed by atoms with van der Waals surface area (Å²) in [4.78, 5) is 12.6. The number of methoxy groups -OCH3 is 4. The lowest BCUT2D eigenvalue weighted by atomic mass is 10.1. The van der Waals surface area contributed by atoms with Crippen molar-refractivity contribution < 1.29 is 36.9 Å². The minimum atomic E-state index is -4.52. The van der Waals surface area contributed by atoms with E-state index in [9.17, 15) is 18.0 Å². The molecule has 1 N–H and O–H groups in total. The van der Waals surface area contributed by atoms with Crippen molar-refractivity contribution in [1.29, 1.82) is 0 Å². The van der Waals surface area contributed by atoms with Gasteiger partial charge in [-0.3, -0.25) is 4.79 Å². The molecule has 1 amide bonds. The second-order valence-corrected chi connectivity index (χ2v) is 5.28. The molecule has 2 aromatic rings. The number of halogens is 3. The molecular formula is C18H18F3NO5. The van der Waals surface area contributed by atoms with Crippen LogP contribution in [0.1, 0.15) is 15.9 Å². The molecule has 0 atom stereocenters. The number of nitrogens with one attached hydrogen (secondary N) is 1. The zero-order chi connectivity index (χ0) is 20.2. The second-order valence-electron chi connectivity index (χ2n) is 5.28. The molecule has 0 bridgehead atoms. The molecule has 0 heterocycles. The molecule has 2 rings (SSSR count). The van der Waals surface area contributed by atoms with Crippen LogP contribution in [0.5, 0.6) is 23.0 Å². The van der Waals surface area contributed by atoms with E-state index in [-0.39, 0.29) is 28.5 Å². The Balaban J connectivity index is 2.37. The number of anilines is 1. The Bertz CT molecular complexity index is 811. The van der Waals surface area contributed by atoms with E-state index in [2.05, 4.69) is 5.32 Å². The van der Waals surface area contributed by atoms with Gasteiger partial charge in [-0.1, -0.05) is 0 Å². The zero-order valence-corrected chi connectivity index (χ0v) is 15.1. The summed E-state index contributed by atoms with van der Waals surface area (Å²) in [5.41, 5.74) is -0.638. The Morgan fingerprint density at radius 2 is 1.41 bits per heavy atom. The van der Waals surface area contributed by atoms with Crippen LogP contribution in [0.3, 0.4) is 0 Å². The van der Waals surface area contributed by atoms with Gasteiger partial charge in [0.1, 0.15) is 5.75 Å². The first kappa shape index (κ1) is 20.2. The topological polar surface area (TPSA) is 66.0 Å². The quantitative estimate of drug-likeness (QED) is 0.815. The Labute approximate surface area is 153 Å². The largest absolute Gasteiger partial charge is 0.495 e. The third-order valence-corrected chi connectivity index (χ3v) is 3.70. The summed E-state index contributed by atoms with van der Waals surface area (Å²) in [6.07, 6.45) is -4.52. The molecule has 0 spiro atoms. The fourth-order valence-electron chi connectivity index (χ4n) is 2.38. The molecule has 0 aliphatic carbocycles. The van der Waals surface area contributed by atoms with E-state index in [4.69, 9.17) is 18.9 Å². The van der Waals surface area contributed by atoms with Gasteiger partial charge in [0.25, 0.3) is 5.91 Å². The van der Waals surface area contributed by atoms with Gasteiger partial charge < -0.3 is 24.3 Å². The van der Waals surface area contributed by atoms with Crippen LogP contribution >= 0.6 is 0 Å². The van der Waals surface area contributed by atoms with E-state index < -0.39 is 17.6 Å². The van der Waals surface area contributed by atoms with Gasteiger partial charge in [0.05, 0.1) is 39.7 Å². The van der Waals surface area contributed by atoms with Crippen molar-refractivity contribution in [2.24, 2.45) is 0 Å². The molecule has 2 aromatic carbocycles. The van der Waals surface area contributed by atoms with Gasteiger partial charge in [0.15, 0.2) is 11.5 Å². The van der Waals surface area contributed by atoms with Crippen LogP contribution in [0, 0.1) is 0 Å². The van der Waals surface area contributed by atoms with E-state index in [1.807, 2.05) is 0 Å². The van der Waals surface area contributed by atoms with E-state index in [0.29, 0.717) is 5.75 Å². The van der Waals surface area contributed by atoms with E-state index in [0.717, 1.165) is 18.2 Å². The average Bonchev–Trinajstić information content (AvgIpc) is 2.65. The summed E-state index contributed by atoms with van der Waals surface area (Å²) in [6, 6.07) is 5.64. The van der Waals surface area contributed by atoms with Crippen molar-refractivity contribution in [1.82, 2.24) is 0 Å². The number of hydrogen-bond acceptors (Lipinski definition) is 5. The molecule has 0 fully saturated rings. The molecule has 0 aliphatic heterocycles. The molecule has 0 aromatic heterocycles. The number of carbonyl (C=O) groups is 1. The number of carbonyl (C=O) groups excluding carboxylic acids is 1. The van der Waals surface area contributed by atoms with Crippen molar-refractivity contribution in [2.45, 2.75) is 6.18 Å². The van der Waals surface area contributed by atoms with Gasteiger partial charge in [-0.15, -0.1) is 0 Å². The van der Waals surface area contributed by atoms with Gasteiger partial charge in [-0.25, -0.2) is 0 Å². The highest BCUT2D eigenvalue weighted by molar-refractivity contribution is 6.05. The number of ether oxygens (including phenoxy) is 4. The summed E-state index contributed by atoms with van der Waals surface area (Å²) >= 11 is 0. The molecule has 0 saturated heterocycles. The van der Waals surface area contributed by atoms with Crippen LogP contribution in [-0.4, -0.2) is 34.3 Å². The zero-order valence-electron chi connectivity index (χ0n) is 15.1. The number of amides is 1. The Hall–Kier alpha value is -3.10. The van der Waals surface area contributed by atoms with Crippen molar-refractivity contribution in [3.05, 3.63) is 41.5 Å². The number of rotatable bonds is 6. The van der Waals surface area contributed by atoms with E-state index >= 15 is 0 Å². The number of benzene rings is 2. The van der Waals surface area contributed by atoms with Crippen LogP contribution < -0.4 is 24.3 Å². The Morgan fingerprint density at radius 3 is 1.85 bits per heavy atom. The fourth-order valence-corrected chi connectivity index (χ4v) is 2.38. The van der Waals surface area contributed by atoms with Crippen LogP contribution in [-0.2, 0) is 6.18 Å². The standard InChI is InChI=1S/C18H18F3NO5/c1-24-13-9-11(18(19,20)21)5-6-12(13)22-17(23)10-7-14(25-2)16(27-4)15(8-10)26-3/h5-9H,1-4H3,(H,22,23). The molecule has 146 valence electrons. The van der Waals surface area contributed by atoms with Gasteiger partial charge in [-0.2, -0.15) is 13.2 Å². The highest BCUT2D eigenvalue weighted by Gasteiger charge is 2.31. The molecule has 6 nitrogen and oxygen atoms in total. The summed E-state index contributed by atoms with van der Waals surface area (Å²) in [5.74, 6) is 0.129. The lowest BCUT2D eigenvalue weighted by Gasteiger charge is -2.15. The summed E-state index contributed by atoms with van der Waals surface area (Å²) in [7, 11) is 5.44. The predicted octanol–water partition coefficient (Wildman–Crippen LogP) is 3.99. The summed E-state index contributed by atoms with van der Waals surface area (Å²) < 4.78 is 59.0. The smallest absolute Gasteiger partial charge is 0.416 e. The van der Waals surface area contributed by atoms with Gasteiger partial charge in [-0.05, 0) is 30.3 Å². The minimum absolute atomic E-state index is 0.0873. The van der Waals surface area contributed by atoms with E-state index in [1.165, 1.54) is 40.6 Å². The monoisotopic (exact) mass is 385 g/mol. The van der Waals surface area contributed by atoms with Crippen molar-refractivity contribution in [3.63, 3.8) is 0 Å². The molecule has 0 saturated carbocycles. The van der Waals surface area contributed by atoms with Crippen LogP contribution in [0.15, 0.2) is 30.3 Å². The highest BCUT2D eigenvalue weighted by atomic mass is 19.4. The van der Waals surface area contributed by atoms with E-state index in [1.54, 1.807) is 0 Å². The van der Waals surface area contributed by atoms with Crippen molar-refractivity contribution in [2.75, 3.05) is 33.8 Å². The molecule has 0 unspecified atom stereocenters.